The van der Waals surface area contributed by atoms with Crippen molar-refractivity contribution < 1.29 is 0 Å². The Bertz CT molecular complexity index is 546. The molecule has 2 aromatic carbocycles. The Labute approximate surface area is 124 Å². The molecule has 1 atom stereocenters. The minimum Gasteiger partial charge on any atom is -0.309 e. The van der Waals surface area contributed by atoms with Gasteiger partial charge in [-0.25, -0.2) is 0 Å². The second-order valence-electron chi connectivity index (χ2n) is 4.84. The number of halogens is 1. The van der Waals surface area contributed by atoms with E-state index in [0.29, 0.717) is 0 Å². The SMILES string of the molecule is CCc1ccc(C(NC)c2ccc(C)cc2Br)cc1. The summed E-state index contributed by atoms with van der Waals surface area (Å²) < 4.78 is 1.16. The van der Waals surface area contributed by atoms with Crippen LogP contribution >= 0.6 is 15.9 Å². The largest absolute Gasteiger partial charge is 0.309 e. The van der Waals surface area contributed by atoms with Gasteiger partial charge in [0, 0.05) is 4.47 Å². The summed E-state index contributed by atoms with van der Waals surface area (Å²) in [5.74, 6) is 0. The second kappa shape index (κ2) is 6.36. The van der Waals surface area contributed by atoms with E-state index in [-0.39, 0.29) is 6.04 Å². The third-order valence-corrected chi connectivity index (χ3v) is 4.16. The highest BCUT2D eigenvalue weighted by Gasteiger charge is 2.14. The first-order valence-corrected chi connectivity index (χ1v) is 7.47. The molecule has 0 spiro atoms. The van der Waals surface area contributed by atoms with Gasteiger partial charge in [-0.3, -0.25) is 0 Å². The van der Waals surface area contributed by atoms with Gasteiger partial charge in [0.25, 0.3) is 0 Å². The van der Waals surface area contributed by atoms with E-state index in [9.17, 15) is 0 Å². The standard InChI is InChI=1S/C17H20BrN/c1-4-13-6-8-14(9-7-13)17(19-3)15-10-5-12(2)11-16(15)18/h5-11,17,19H,4H2,1-3H3. The molecule has 2 rings (SSSR count). The molecule has 0 fully saturated rings. The molecule has 19 heavy (non-hydrogen) atoms. The van der Waals surface area contributed by atoms with Gasteiger partial charge in [-0.1, -0.05) is 59.3 Å². The van der Waals surface area contributed by atoms with Crippen LogP contribution in [0.4, 0.5) is 0 Å². The van der Waals surface area contributed by atoms with E-state index in [2.05, 4.69) is 77.6 Å². The minimum atomic E-state index is 0.223. The zero-order valence-corrected chi connectivity index (χ0v) is 13.3. The molecule has 0 radical (unpaired) electrons. The molecule has 0 aromatic heterocycles. The summed E-state index contributed by atoms with van der Waals surface area (Å²) in [6.07, 6.45) is 1.08. The van der Waals surface area contributed by atoms with Crippen molar-refractivity contribution in [1.82, 2.24) is 5.32 Å². The van der Waals surface area contributed by atoms with Gasteiger partial charge in [-0.2, -0.15) is 0 Å². The number of nitrogens with one attached hydrogen (secondary N) is 1. The highest BCUT2D eigenvalue weighted by atomic mass is 79.9. The maximum Gasteiger partial charge on any atom is 0.0585 e. The van der Waals surface area contributed by atoms with E-state index in [4.69, 9.17) is 0 Å². The molecule has 1 N–H and O–H groups in total. The lowest BCUT2D eigenvalue weighted by molar-refractivity contribution is 0.688. The molecule has 0 aliphatic heterocycles. The maximum atomic E-state index is 3.67. The van der Waals surface area contributed by atoms with Crippen LogP contribution in [0.3, 0.4) is 0 Å². The first-order chi connectivity index (χ1) is 9.15. The first-order valence-electron chi connectivity index (χ1n) is 6.68. The zero-order valence-electron chi connectivity index (χ0n) is 11.7. The van der Waals surface area contributed by atoms with Gasteiger partial charge in [-0.15, -0.1) is 0 Å². The lowest BCUT2D eigenvalue weighted by Crippen LogP contribution is -2.18. The summed E-state index contributed by atoms with van der Waals surface area (Å²) in [6.45, 7) is 4.29. The van der Waals surface area contributed by atoms with Gasteiger partial charge in [0.1, 0.15) is 0 Å². The van der Waals surface area contributed by atoms with Gasteiger partial charge in [0.05, 0.1) is 6.04 Å². The van der Waals surface area contributed by atoms with Crippen LogP contribution < -0.4 is 5.32 Å². The van der Waals surface area contributed by atoms with Crippen molar-refractivity contribution in [2.24, 2.45) is 0 Å². The molecule has 100 valence electrons. The molecule has 1 unspecified atom stereocenters. The van der Waals surface area contributed by atoms with Crippen LogP contribution in [-0.4, -0.2) is 7.05 Å². The monoisotopic (exact) mass is 317 g/mol. The topological polar surface area (TPSA) is 12.0 Å². The van der Waals surface area contributed by atoms with Crippen LogP contribution in [0, 0.1) is 6.92 Å². The Morgan fingerprint density at radius 3 is 2.32 bits per heavy atom. The molecule has 0 saturated carbocycles. The third kappa shape index (κ3) is 3.26. The Kier molecular flexibility index (Phi) is 4.78. The molecule has 2 heteroatoms. The van der Waals surface area contributed by atoms with Crippen molar-refractivity contribution in [3.8, 4) is 0 Å². The summed E-state index contributed by atoms with van der Waals surface area (Å²) in [6, 6.07) is 15.6. The lowest BCUT2D eigenvalue weighted by Gasteiger charge is -2.19. The molecular formula is C17H20BrN. The van der Waals surface area contributed by atoms with Gasteiger partial charge >= 0.3 is 0 Å². The zero-order chi connectivity index (χ0) is 13.8. The molecular weight excluding hydrogens is 298 g/mol. The summed E-state index contributed by atoms with van der Waals surface area (Å²) in [4.78, 5) is 0. The van der Waals surface area contributed by atoms with Crippen LogP contribution in [0.5, 0.6) is 0 Å². The Balaban J connectivity index is 2.37. The van der Waals surface area contributed by atoms with Gasteiger partial charge in [0.15, 0.2) is 0 Å². The Morgan fingerprint density at radius 2 is 1.79 bits per heavy atom. The molecule has 1 nitrogen and oxygen atoms in total. The smallest absolute Gasteiger partial charge is 0.0585 e. The van der Waals surface area contributed by atoms with E-state index in [1.54, 1.807) is 0 Å². The van der Waals surface area contributed by atoms with Crippen LogP contribution in [0.1, 0.15) is 35.2 Å². The number of hydrogen-bond donors (Lipinski definition) is 1. The molecule has 0 saturated heterocycles. The van der Waals surface area contributed by atoms with Crippen LogP contribution in [0.25, 0.3) is 0 Å². The van der Waals surface area contributed by atoms with E-state index in [0.717, 1.165) is 10.9 Å². The lowest BCUT2D eigenvalue weighted by atomic mass is 9.97. The van der Waals surface area contributed by atoms with Crippen molar-refractivity contribution in [2.45, 2.75) is 26.3 Å². The summed E-state index contributed by atoms with van der Waals surface area (Å²) in [7, 11) is 2.00. The van der Waals surface area contributed by atoms with E-state index in [1.807, 2.05) is 7.05 Å². The normalized spacial score (nSPS) is 12.4. The van der Waals surface area contributed by atoms with Gasteiger partial charge in [0.2, 0.25) is 0 Å². The van der Waals surface area contributed by atoms with Crippen molar-refractivity contribution in [3.05, 3.63) is 69.2 Å². The van der Waals surface area contributed by atoms with Crippen LogP contribution in [0.2, 0.25) is 0 Å². The second-order valence-corrected chi connectivity index (χ2v) is 5.70. The van der Waals surface area contributed by atoms with Gasteiger partial charge in [-0.05, 0) is 48.7 Å². The minimum absolute atomic E-state index is 0.223. The third-order valence-electron chi connectivity index (χ3n) is 3.48. The molecule has 2 aromatic rings. The number of hydrogen-bond acceptors (Lipinski definition) is 1. The molecule has 0 aliphatic rings. The Hall–Kier alpha value is -1.12. The van der Waals surface area contributed by atoms with Gasteiger partial charge < -0.3 is 5.32 Å². The van der Waals surface area contributed by atoms with E-state index < -0.39 is 0 Å². The van der Waals surface area contributed by atoms with Crippen LogP contribution in [0.15, 0.2) is 46.9 Å². The Morgan fingerprint density at radius 1 is 1.11 bits per heavy atom. The maximum absolute atomic E-state index is 3.67. The summed E-state index contributed by atoms with van der Waals surface area (Å²) in [5, 5.41) is 3.40. The average Bonchev–Trinajstić information content (AvgIpc) is 2.42. The summed E-state index contributed by atoms with van der Waals surface area (Å²) in [5.41, 5.74) is 5.22. The number of rotatable bonds is 4. The summed E-state index contributed by atoms with van der Waals surface area (Å²) >= 11 is 3.67. The predicted molar refractivity (Wildman–Crippen MR) is 85.6 cm³/mol. The highest BCUT2D eigenvalue weighted by Crippen LogP contribution is 2.29. The average molecular weight is 318 g/mol. The van der Waals surface area contributed by atoms with Crippen molar-refractivity contribution in [2.75, 3.05) is 7.05 Å². The molecule has 0 bridgehead atoms. The molecule has 0 aliphatic carbocycles. The number of aryl methyl sites for hydroxylation is 2. The fourth-order valence-corrected chi connectivity index (χ4v) is 3.04. The quantitative estimate of drug-likeness (QED) is 0.867. The van der Waals surface area contributed by atoms with Crippen molar-refractivity contribution in [3.63, 3.8) is 0 Å². The molecule has 0 heterocycles. The van der Waals surface area contributed by atoms with Crippen molar-refractivity contribution >= 4 is 15.9 Å². The van der Waals surface area contributed by atoms with Crippen molar-refractivity contribution in [1.29, 1.82) is 0 Å². The van der Waals surface area contributed by atoms with E-state index in [1.165, 1.54) is 22.3 Å². The number of benzene rings is 2. The fraction of sp³-hybridized carbons (Fsp3) is 0.294. The first kappa shape index (κ1) is 14.3. The van der Waals surface area contributed by atoms with E-state index >= 15 is 0 Å². The predicted octanol–water partition coefficient (Wildman–Crippen LogP) is 4.63. The molecule has 0 amide bonds. The fourth-order valence-electron chi connectivity index (χ4n) is 2.31. The van der Waals surface area contributed by atoms with Crippen LogP contribution in [-0.2, 0) is 6.42 Å². The highest BCUT2D eigenvalue weighted by molar-refractivity contribution is 9.10.